The first-order valence-corrected chi connectivity index (χ1v) is 10.2. The van der Waals surface area contributed by atoms with Crippen LogP contribution >= 0.6 is 11.6 Å². The fourth-order valence-corrected chi connectivity index (χ4v) is 3.52. The Balaban J connectivity index is 1.96. The van der Waals surface area contributed by atoms with E-state index in [4.69, 9.17) is 11.6 Å². The number of amidine groups is 1. The largest absolute Gasteiger partial charge is 0.573 e. The molecule has 3 aromatic carbocycles. The Morgan fingerprint density at radius 3 is 2.07 bits per heavy atom. The number of rotatable bonds is 5. The highest BCUT2D eigenvalue weighted by Gasteiger charge is 2.31. The van der Waals surface area contributed by atoms with Gasteiger partial charge in [-0.25, -0.2) is 0 Å². The van der Waals surface area contributed by atoms with Crippen LogP contribution in [0.3, 0.4) is 0 Å². The maximum Gasteiger partial charge on any atom is 0.573 e. The molecule has 0 unspecified atom stereocenters. The fourth-order valence-electron chi connectivity index (χ4n) is 2.40. The molecule has 10 heteroatoms. The van der Waals surface area contributed by atoms with Gasteiger partial charge in [0.15, 0.2) is 5.84 Å². The number of sulfonamides is 1. The summed E-state index contributed by atoms with van der Waals surface area (Å²) in [6, 6.07) is 18.7. The van der Waals surface area contributed by atoms with E-state index >= 15 is 0 Å². The van der Waals surface area contributed by atoms with Crippen LogP contribution in [0.25, 0.3) is 0 Å². The van der Waals surface area contributed by atoms with Crippen LogP contribution in [0.5, 0.6) is 5.75 Å². The van der Waals surface area contributed by atoms with Crippen LogP contribution in [0.1, 0.15) is 5.56 Å². The number of benzene rings is 3. The van der Waals surface area contributed by atoms with Crippen molar-refractivity contribution in [2.45, 2.75) is 11.3 Å². The third-order valence-corrected chi connectivity index (χ3v) is 5.26. The number of halogens is 4. The first-order valence-electron chi connectivity index (χ1n) is 8.41. The molecule has 0 spiro atoms. The average Bonchev–Trinajstić information content (AvgIpc) is 2.69. The standard InChI is InChI=1S/C20H14ClF3N2O3S/c21-15-8-6-14(7-9-15)19(26-30(27,28)18-4-2-1-3-5-18)25-16-10-12-17(13-11-16)29-20(22,23)24/h1-13H,(H,25,26). The van der Waals surface area contributed by atoms with Crippen molar-refractivity contribution < 1.29 is 26.3 Å². The molecule has 0 atom stereocenters. The van der Waals surface area contributed by atoms with Gasteiger partial charge in [0.2, 0.25) is 0 Å². The van der Waals surface area contributed by atoms with E-state index in [1.807, 2.05) is 0 Å². The Morgan fingerprint density at radius 1 is 0.900 bits per heavy atom. The topological polar surface area (TPSA) is 67.8 Å². The van der Waals surface area contributed by atoms with Crippen molar-refractivity contribution in [3.8, 4) is 5.75 Å². The number of nitrogens with one attached hydrogen (secondary N) is 1. The molecule has 0 fully saturated rings. The molecule has 156 valence electrons. The van der Waals surface area contributed by atoms with Gasteiger partial charge in [-0.1, -0.05) is 29.8 Å². The summed E-state index contributed by atoms with van der Waals surface area (Å²) >= 11 is 5.89. The summed E-state index contributed by atoms with van der Waals surface area (Å²) in [5.41, 5.74) is 0.719. The van der Waals surface area contributed by atoms with Gasteiger partial charge in [-0.15, -0.1) is 17.6 Å². The Hall–Kier alpha value is -3.04. The highest BCUT2D eigenvalue weighted by atomic mass is 35.5. The van der Waals surface area contributed by atoms with Crippen molar-refractivity contribution in [3.05, 3.63) is 89.4 Å². The van der Waals surface area contributed by atoms with Crippen molar-refractivity contribution in [1.29, 1.82) is 0 Å². The van der Waals surface area contributed by atoms with Crippen LogP contribution in [0.4, 0.5) is 18.9 Å². The molecule has 1 N–H and O–H groups in total. The van der Waals surface area contributed by atoms with Gasteiger partial charge >= 0.3 is 6.36 Å². The van der Waals surface area contributed by atoms with Crippen LogP contribution in [0.15, 0.2) is 88.2 Å². The summed E-state index contributed by atoms with van der Waals surface area (Å²) in [5, 5.41) is 3.26. The lowest BCUT2D eigenvalue weighted by Gasteiger charge is -2.12. The Bertz CT molecular complexity index is 1130. The SMILES string of the molecule is O=S(=O)(/N=C(/Nc1ccc(OC(F)(F)F)cc1)c1ccc(Cl)cc1)c1ccccc1. The van der Waals surface area contributed by atoms with Gasteiger partial charge in [0, 0.05) is 16.3 Å². The Kier molecular flexibility index (Phi) is 6.33. The molecular weight excluding hydrogens is 441 g/mol. The summed E-state index contributed by atoms with van der Waals surface area (Å²) in [7, 11) is -4.05. The van der Waals surface area contributed by atoms with E-state index in [2.05, 4.69) is 14.5 Å². The van der Waals surface area contributed by atoms with Crippen LogP contribution in [0, 0.1) is 0 Å². The monoisotopic (exact) mass is 454 g/mol. The minimum absolute atomic E-state index is 0.00723. The number of nitrogens with zero attached hydrogens (tertiary/aromatic N) is 1. The van der Waals surface area contributed by atoms with Crippen LogP contribution in [0.2, 0.25) is 5.02 Å². The number of ether oxygens (including phenoxy) is 1. The lowest BCUT2D eigenvalue weighted by atomic mass is 10.2. The second-order valence-electron chi connectivity index (χ2n) is 5.93. The minimum atomic E-state index is -4.81. The summed E-state index contributed by atoms with van der Waals surface area (Å²) in [6.07, 6.45) is -4.81. The first kappa shape index (κ1) is 21.7. The molecule has 0 bridgehead atoms. The zero-order valence-electron chi connectivity index (χ0n) is 15.1. The molecule has 0 aliphatic heterocycles. The fraction of sp³-hybridized carbons (Fsp3) is 0.0500. The predicted octanol–water partition coefficient (Wildman–Crippen LogP) is 5.49. The van der Waals surface area contributed by atoms with Crippen LogP contribution in [-0.4, -0.2) is 20.6 Å². The quantitative estimate of drug-likeness (QED) is 0.409. The molecule has 0 aromatic heterocycles. The Morgan fingerprint density at radius 2 is 1.50 bits per heavy atom. The smallest absolute Gasteiger partial charge is 0.406 e. The number of anilines is 1. The lowest BCUT2D eigenvalue weighted by Crippen LogP contribution is -2.18. The van der Waals surface area contributed by atoms with Gasteiger partial charge in [-0.2, -0.15) is 8.42 Å². The highest BCUT2D eigenvalue weighted by molar-refractivity contribution is 7.90. The molecular formula is C20H14ClF3N2O3S. The number of alkyl halides is 3. The van der Waals surface area contributed by atoms with Gasteiger partial charge < -0.3 is 10.1 Å². The summed E-state index contributed by atoms with van der Waals surface area (Å²) in [4.78, 5) is -0.00723. The maximum atomic E-state index is 12.7. The van der Waals surface area contributed by atoms with Crippen molar-refractivity contribution >= 4 is 33.1 Å². The molecule has 0 heterocycles. The summed E-state index contributed by atoms with van der Waals surface area (Å²) in [6.45, 7) is 0. The third kappa shape index (κ3) is 5.98. The van der Waals surface area contributed by atoms with Gasteiger partial charge in [0.1, 0.15) is 5.75 Å². The van der Waals surface area contributed by atoms with Crippen molar-refractivity contribution in [2.24, 2.45) is 4.40 Å². The minimum Gasteiger partial charge on any atom is -0.406 e. The molecule has 3 aromatic rings. The normalized spacial score (nSPS) is 12.5. The molecule has 3 rings (SSSR count). The van der Waals surface area contributed by atoms with E-state index in [1.165, 1.54) is 24.3 Å². The van der Waals surface area contributed by atoms with Gasteiger partial charge in [0.05, 0.1) is 4.90 Å². The zero-order valence-corrected chi connectivity index (χ0v) is 16.7. The highest BCUT2D eigenvalue weighted by Crippen LogP contribution is 2.24. The Labute approximate surface area is 175 Å². The molecule has 0 amide bonds. The van der Waals surface area contributed by atoms with Gasteiger partial charge in [-0.3, -0.25) is 0 Å². The maximum absolute atomic E-state index is 12.7. The summed E-state index contributed by atoms with van der Waals surface area (Å²) in [5.74, 6) is -0.435. The van der Waals surface area contributed by atoms with E-state index < -0.39 is 22.1 Å². The molecule has 0 saturated carbocycles. The molecule has 0 radical (unpaired) electrons. The molecule has 30 heavy (non-hydrogen) atoms. The number of hydrogen-bond acceptors (Lipinski definition) is 3. The lowest BCUT2D eigenvalue weighted by molar-refractivity contribution is -0.274. The average molecular weight is 455 g/mol. The van der Waals surface area contributed by atoms with E-state index in [0.717, 1.165) is 12.1 Å². The van der Waals surface area contributed by atoms with Crippen molar-refractivity contribution in [3.63, 3.8) is 0 Å². The first-order chi connectivity index (χ1) is 14.1. The van der Waals surface area contributed by atoms with E-state index in [0.29, 0.717) is 16.3 Å². The summed E-state index contributed by atoms with van der Waals surface area (Å²) < 4.78 is 70.0. The number of hydrogen-bond donors (Lipinski definition) is 1. The third-order valence-electron chi connectivity index (χ3n) is 3.72. The molecule has 0 aliphatic carbocycles. The van der Waals surface area contributed by atoms with Crippen molar-refractivity contribution in [2.75, 3.05) is 5.32 Å². The second-order valence-corrected chi connectivity index (χ2v) is 7.97. The van der Waals surface area contributed by atoms with E-state index in [9.17, 15) is 21.6 Å². The van der Waals surface area contributed by atoms with Gasteiger partial charge in [0.25, 0.3) is 10.0 Å². The van der Waals surface area contributed by atoms with Gasteiger partial charge in [-0.05, 0) is 60.7 Å². The second kappa shape index (κ2) is 8.76. The molecule has 0 aliphatic rings. The van der Waals surface area contributed by atoms with Crippen LogP contribution < -0.4 is 10.1 Å². The van der Waals surface area contributed by atoms with E-state index in [1.54, 1.807) is 42.5 Å². The van der Waals surface area contributed by atoms with E-state index in [-0.39, 0.29) is 10.7 Å². The van der Waals surface area contributed by atoms with Crippen LogP contribution in [-0.2, 0) is 10.0 Å². The molecule has 5 nitrogen and oxygen atoms in total. The zero-order chi connectivity index (χ0) is 21.8. The predicted molar refractivity (Wildman–Crippen MR) is 108 cm³/mol. The van der Waals surface area contributed by atoms with Crippen molar-refractivity contribution in [1.82, 2.24) is 0 Å². The molecule has 0 saturated heterocycles.